The summed E-state index contributed by atoms with van der Waals surface area (Å²) in [5.41, 5.74) is 0. The van der Waals surface area contributed by atoms with Gasteiger partial charge in [-0.15, -0.1) is 0 Å². The molecule has 3 N–H and O–H groups in total. The molecular formula is C79H132O17P2. The van der Waals surface area contributed by atoms with E-state index in [0.717, 1.165) is 167 Å². The molecule has 5 atom stereocenters. The molecule has 5 unspecified atom stereocenters. The minimum Gasteiger partial charge on any atom is -0.462 e. The highest BCUT2D eigenvalue weighted by Crippen LogP contribution is 2.45. The van der Waals surface area contributed by atoms with Crippen LogP contribution in [0.15, 0.2) is 134 Å². The minimum absolute atomic E-state index is 0.0593. The number of rotatable bonds is 69. The number of phosphoric acid groups is 2. The van der Waals surface area contributed by atoms with Crippen LogP contribution < -0.4 is 0 Å². The number of allylic oxidation sites excluding steroid dienone is 22. The molecule has 0 saturated heterocycles. The number of phosphoric ester groups is 2. The van der Waals surface area contributed by atoms with Crippen LogP contribution in [0.3, 0.4) is 0 Å². The van der Waals surface area contributed by atoms with Gasteiger partial charge in [0.25, 0.3) is 0 Å². The lowest BCUT2D eigenvalue weighted by Gasteiger charge is -2.21. The first-order valence-electron chi connectivity index (χ1n) is 37.4. The van der Waals surface area contributed by atoms with Crippen LogP contribution in [0, 0.1) is 0 Å². The van der Waals surface area contributed by atoms with Crippen LogP contribution in [0.2, 0.25) is 0 Å². The summed E-state index contributed by atoms with van der Waals surface area (Å²) in [6, 6.07) is 0. The average Bonchev–Trinajstić information content (AvgIpc) is 0.986. The van der Waals surface area contributed by atoms with Gasteiger partial charge in [-0.25, -0.2) is 9.13 Å². The van der Waals surface area contributed by atoms with Gasteiger partial charge in [0.2, 0.25) is 0 Å². The molecular weight excluding hydrogens is 1280 g/mol. The van der Waals surface area contributed by atoms with Gasteiger partial charge in [0.05, 0.1) is 26.4 Å². The Morgan fingerprint density at radius 2 is 0.551 bits per heavy atom. The summed E-state index contributed by atoms with van der Waals surface area (Å²) in [5, 5.41) is 10.6. The average molecular weight is 1420 g/mol. The zero-order valence-electron chi connectivity index (χ0n) is 60.9. The molecule has 0 fully saturated rings. The standard InChI is InChI=1S/C79H132O17P2/c1-5-9-13-17-21-25-29-32-35-36-39-41-45-48-52-56-60-64-77(82)90-70-75(96-79(84)66-62-58-54-50-46-42-38-34-31-27-23-19-15-11-7-3)72-94-98(87,88)92-68-73(80)67-91-97(85,86)93-71-74(95-78(83)65-61-57-53-49-43-28-24-20-16-12-8-4)69-89-76(81)63-59-55-51-47-44-40-37-33-30-26-22-18-14-10-6-2/h9,11,13,15,20-27,32-35,37-39,41,48,52,73-75,80H,5-8,10,12,14,16-19,28-31,36,40,42-47,49-51,53-72H2,1-4H3,(H,85,86)(H,87,88)/b13-9-,15-11-,24-20-,25-21-,26-22-,27-23-,35-32-,37-33-,38-34-,41-39-,52-48-. The number of ether oxygens (including phenoxy) is 4. The van der Waals surface area contributed by atoms with E-state index in [2.05, 4.69) is 149 Å². The van der Waals surface area contributed by atoms with E-state index >= 15 is 0 Å². The molecule has 0 aliphatic heterocycles. The summed E-state index contributed by atoms with van der Waals surface area (Å²) in [7, 11) is -9.98. The van der Waals surface area contributed by atoms with Crippen molar-refractivity contribution in [2.75, 3.05) is 39.6 Å². The maximum Gasteiger partial charge on any atom is 0.472 e. The maximum atomic E-state index is 13.1. The van der Waals surface area contributed by atoms with Crippen molar-refractivity contribution in [2.45, 2.75) is 303 Å². The number of carbonyl (C=O) groups is 4. The molecule has 19 heteroatoms. The smallest absolute Gasteiger partial charge is 0.462 e. The molecule has 0 aromatic heterocycles. The Balaban J connectivity index is 5.41. The van der Waals surface area contributed by atoms with E-state index in [1.165, 1.54) is 32.1 Å². The lowest BCUT2D eigenvalue weighted by Crippen LogP contribution is -2.30. The van der Waals surface area contributed by atoms with Crippen molar-refractivity contribution in [1.29, 1.82) is 0 Å². The number of carbonyl (C=O) groups excluding carboxylic acids is 4. The predicted octanol–water partition coefficient (Wildman–Crippen LogP) is 21.3. The fourth-order valence-electron chi connectivity index (χ4n) is 9.40. The first-order valence-corrected chi connectivity index (χ1v) is 40.4. The van der Waals surface area contributed by atoms with Gasteiger partial charge in [0, 0.05) is 25.7 Å². The summed E-state index contributed by atoms with van der Waals surface area (Å²) >= 11 is 0. The Bertz CT molecular complexity index is 2380. The van der Waals surface area contributed by atoms with E-state index < -0.39 is 97.5 Å². The quantitative estimate of drug-likeness (QED) is 0.0169. The third-order valence-electron chi connectivity index (χ3n) is 15.1. The normalized spacial score (nSPS) is 14.7. The van der Waals surface area contributed by atoms with E-state index in [0.29, 0.717) is 32.1 Å². The minimum atomic E-state index is -4.99. The van der Waals surface area contributed by atoms with E-state index in [-0.39, 0.29) is 25.7 Å². The van der Waals surface area contributed by atoms with Crippen LogP contribution >= 0.6 is 15.6 Å². The van der Waals surface area contributed by atoms with Crippen molar-refractivity contribution >= 4 is 39.5 Å². The van der Waals surface area contributed by atoms with Crippen molar-refractivity contribution in [3.05, 3.63) is 134 Å². The Morgan fingerprint density at radius 3 is 0.898 bits per heavy atom. The second kappa shape index (κ2) is 70.6. The number of hydrogen-bond acceptors (Lipinski definition) is 15. The summed E-state index contributed by atoms with van der Waals surface area (Å²) in [5.74, 6) is -2.29. The van der Waals surface area contributed by atoms with Gasteiger partial charge in [0.1, 0.15) is 19.3 Å². The van der Waals surface area contributed by atoms with Crippen LogP contribution in [-0.2, 0) is 65.4 Å². The molecule has 0 rings (SSSR count). The van der Waals surface area contributed by atoms with Gasteiger partial charge >= 0.3 is 39.5 Å². The fraction of sp³-hybridized carbons (Fsp3) is 0.671. The van der Waals surface area contributed by atoms with E-state index in [1.807, 2.05) is 12.2 Å². The van der Waals surface area contributed by atoms with Gasteiger partial charge in [-0.2, -0.15) is 0 Å². The molecule has 0 aromatic carbocycles. The molecule has 0 amide bonds. The van der Waals surface area contributed by atoms with E-state index in [9.17, 15) is 43.2 Å². The molecule has 0 aliphatic rings. The van der Waals surface area contributed by atoms with Crippen molar-refractivity contribution in [3.8, 4) is 0 Å². The van der Waals surface area contributed by atoms with Crippen molar-refractivity contribution in [3.63, 3.8) is 0 Å². The summed E-state index contributed by atoms with van der Waals surface area (Å²) in [4.78, 5) is 72.7. The first kappa shape index (κ1) is 93.2. The zero-order chi connectivity index (χ0) is 71.8. The molecule has 0 bridgehead atoms. The molecule has 0 heterocycles. The van der Waals surface area contributed by atoms with Crippen molar-refractivity contribution in [1.82, 2.24) is 0 Å². The summed E-state index contributed by atoms with van der Waals surface area (Å²) in [6.45, 7) is 4.45. The SMILES string of the molecule is CC/C=C\C/C=C\C/C=C\C/C=C\C/C=C\CCCC(=O)OCC(COP(=O)(O)OCC(O)COP(=O)(O)OCC(COC(=O)CCCCCCC/C=C\C/C=C\CCCCC)OC(=O)CCCCCCC/C=C\CCCC)OC(=O)CCCCCCC/C=C\C/C=C\C/C=C\CC. The van der Waals surface area contributed by atoms with Gasteiger partial charge in [-0.1, -0.05) is 245 Å². The molecule has 17 nitrogen and oxygen atoms in total. The first-order chi connectivity index (χ1) is 47.7. The Kier molecular flexibility index (Phi) is 67.2. The van der Waals surface area contributed by atoms with Crippen LogP contribution in [0.4, 0.5) is 0 Å². The molecule has 560 valence electrons. The Morgan fingerprint density at radius 1 is 0.296 bits per heavy atom. The highest BCUT2D eigenvalue weighted by atomic mass is 31.2. The van der Waals surface area contributed by atoms with Crippen molar-refractivity contribution in [2.24, 2.45) is 0 Å². The molecule has 0 aromatic rings. The van der Waals surface area contributed by atoms with E-state index in [4.69, 9.17) is 37.0 Å². The molecule has 0 saturated carbocycles. The monoisotopic (exact) mass is 1410 g/mol. The molecule has 98 heavy (non-hydrogen) atoms. The third kappa shape index (κ3) is 69.7. The highest BCUT2D eigenvalue weighted by molar-refractivity contribution is 7.47. The zero-order valence-corrected chi connectivity index (χ0v) is 62.7. The van der Waals surface area contributed by atoms with Gasteiger partial charge in [-0.05, 0) is 148 Å². The molecule has 0 spiro atoms. The Hall–Kier alpha value is -4.80. The second-order valence-electron chi connectivity index (χ2n) is 24.5. The number of aliphatic hydroxyl groups excluding tert-OH is 1. The lowest BCUT2D eigenvalue weighted by atomic mass is 10.1. The number of aliphatic hydroxyl groups is 1. The lowest BCUT2D eigenvalue weighted by molar-refractivity contribution is -0.161. The number of hydrogen-bond donors (Lipinski definition) is 3. The second-order valence-corrected chi connectivity index (χ2v) is 27.4. The van der Waals surface area contributed by atoms with Gasteiger partial charge in [0.15, 0.2) is 12.2 Å². The Labute approximate surface area is 593 Å². The predicted molar refractivity (Wildman–Crippen MR) is 399 cm³/mol. The molecule has 0 aliphatic carbocycles. The fourth-order valence-corrected chi connectivity index (χ4v) is 11.0. The number of esters is 4. The van der Waals surface area contributed by atoms with E-state index in [1.54, 1.807) is 0 Å². The van der Waals surface area contributed by atoms with Crippen LogP contribution in [0.1, 0.15) is 285 Å². The number of unbranched alkanes of at least 4 members (excludes halogenated alkanes) is 21. The maximum absolute atomic E-state index is 13.1. The summed E-state index contributed by atoms with van der Waals surface area (Å²) < 4.78 is 68.3. The van der Waals surface area contributed by atoms with Crippen LogP contribution in [0.5, 0.6) is 0 Å². The van der Waals surface area contributed by atoms with Crippen LogP contribution in [-0.4, -0.2) is 96.7 Å². The molecule has 0 radical (unpaired) electrons. The van der Waals surface area contributed by atoms with Crippen LogP contribution in [0.25, 0.3) is 0 Å². The third-order valence-corrected chi connectivity index (χ3v) is 17.0. The van der Waals surface area contributed by atoms with Gasteiger partial charge < -0.3 is 33.8 Å². The highest BCUT2D eigenvalue weighted by Gasteiger charge is 2.30. The van der Waals surface area contributed by atoms with Gasteiger partial charge in [-0.3, -0.25) is 37.3 Å². The topological polar surface area (TPSA) is 237 Å². The van der Waals surface area contributed by atoms with Crippen molar-refractivity contribution < 1.29 is 80.2 Å². The summed E-state index contributed by atoms with van der Waals surface area (Å²) in [6.07, 6.45) is 77.4. The largest absolute Gasteiger partial charge is 0.472 e.